The number of carbonyl (C=O) groups excluding carboxylic acids is 1. The number of nitrogens with one attached hydrogen (secondary N) is 1. The zero-order valence-electron chi connectivity index (χ0n) is 12.0. The first-order valence-corrected chi connectivity index (χ1v) is 7.02. The summed E-state index contributed by atoms with van der Waals surface area (Å²) in [5.41, 5.74) is 2.11. The summed E-state index contributed by atoms with van der Waals surface area (Å²) < 4.78 is 5.03. The molecule has 1 aliphatic rings. The summed E-state index contributed by atoms with van der Waals surface area (Å²) in [4.78, 5) is 12.2. The molecular formula is C16H23NO2. The first-order chi connectivity index (χ1) is 9.17. The van der Waals surface area contributed by atoms with Gasteiger partial charge in [-0.3, -0.25) is 4.79 Å². The van der Waals surface area contributed by atoms with Crippen molar-refractivity contribution in [2.45, 2.75) is 38.6 Å². The van der Waals surface area contributed by atoms with Gasteiger partial charge in [0.1, 0.15) is 0 Å². The number of aryl methyl sites for hydroxylation is 1. The summed E-state index contributed by atoms with van der Waals surface area (Å²) >= 11 is 0. The van der Waals surface area contributed by atoms with E-state index in [1.54, 1.807) is 0 Å². The molecule has 1 atom stereocenters. The average molecular weight is 261 g/mol. The largest absolute Gasteiger partial charge is 0.469 e. The molecule has 3 nitrogen and oxygen atoms in total. The van der Waals surface area contributed by atoms with Gasteiger partial charge in [0, 0.05) is 6.04 Å². The summed E-state index contributed by atoms with van der Waals surface area (Å²) in [6.07, 6.45) is 3.94. The van der Waals surface area contributed by atoms with Gasteiger partial charge in [0.25, 0.3) is 0 Å². The second-order valence-electron chi connectivity index (χ2n) is 5.32. The molecule has 0 aliphatic heterocycles. The van der Waals surface area contributed by atoms with Crippen molar-refractivity contribution in [3.8, 4) is 0 Å². The van der Waals surface area contributed by atoms with E-state index < -0.39 is 0 Å². The molecule has 0 amide bonds. The Kier molecular flexibility index (Phi) is 4.25. The number of carbonyl (C=O) groups is 1. The normalized spacial score (nSPS) is 18.5. The van der Waals surface area contributed by atoms with Gasteiger partial charge >= 0.3 is 5.97 Å². The predicted octanol–water partition coefficient (Wildman–Crippen LogP) is 2.85. The maximum absolute atomic E-state index is 12.2. The van der Waals surface area contributed by atoms with Gasteiger partial charge in [-0.05, 0) is 37.4 Å². The summed E-state index contributed by atoms with van der Waals surface area (Å²) in [6.45, 7) is 2.15. The quantitative estimate of drug-likeness (QED) is 0.828. The van der Waals surface area contributed by atoms with Crippen LogP contribution in [0.15, 0.2) is 24.3 Å². The topological polar surface area (TPSA) is 38.3 Å². The second kappa shape index (κ2) is 5.74. The van der Waals surface area contributed by atoms with Gasteiger partial charge in [0.05, 0.1) is 12.5 Å². The van der Waals surface area contributed by atoms with E-state index in [1.165, 1.54) is 18.2 Å². The van der Waals surface area contributed by atoms with E-state index in [2.05, 4.69) is 36.5 Å². The van der Waals surface area contributed by atoms with E-state index in [9.17, 15) is 4.79 Å². The van der Waals surface area contributed by atoms with Crippen LogP contribution in [0.1, 0.15) is 43.4 Å². The van der Waals surface area contributed by atoms with Crippen LogP contribution in [0.25, 0.3) is 0 Å². The van der Waals surface area contributed by atoms with Gasteiger partial charge in [-0.25, -0.2) is 0 Å². The summed E-state index contributed by atoms with van der Waals surface area (Å²) in [6, 6.07) is 8.58. The fourth-order valence-corrected chi connectivity index (χ4v) is 3.08. The number of benzene rings is 1. The second-order valence-corrected chi connectivity index (χ2v) is 5.32. The van der Waals surface area contributed by atoms with Gasteiger partial charge in [0.2, 0.25) is 0 Å². The number of rotatable bonds is 5. The molecule has 1 aromatic carbocycles. The van der Waals surface area contributed by atoms with E-state index in [0.29, 0.717) is 0 Å². The third kappa shape index (κ3) is 2.39. The molecule has 0 aromatic heterocycles. The van der Waals surface area contributed by atoms with Gasteiger partial charge in [-0.2, -0.15) is 0 Å². The lowest BCUT2D eigenvalue weighted by atomic mass is 9.62. The molecule has 0 heterocycles. The molecule has 2 rings (SSSR count). The standard InChI is InChI=1S/C16H23NO2/c1-4-12-6-8-13(9-7-12)14(17-2)16(10-5-11-16)15(18)19-3/h6-9,14,17H,4-5,10-11H2,1-3H3. The molecule has 0 saturated heterocycles. The van der Waals surface area contributed by atoms with Crippen LogP contribution < -0.4 is 5.32 Å². The van der Waals surface area contributed by atoms with Crippen molar-refractivity contribution in [3.63, 3.8) is 0 Å². The highest BCUT2D eigenvalue weighted by atomic mass is 16.5. The molecule has 0 radical (unpaired) electrons. The lowest BCUT2D eigenvalue weighted by molar-refractivity contribution is -0.161. The number of methoxy groups -OCH3 is 1. The van der Waals surface area contributed by atoms with Gasteiger partial charge in [-0.15, -0.1) is 0 Å². The molecule has 1 saturated carbocycles. The molecule has 0 bridgehead atoms. The zero-order chi connectivity index (χ0) is 13.9. The van der Waals surface area contributed by atoms with Crippen LogP contribution in [0.2, 0.25) is 0 Å². The first kappa shape index (κ1) is 14.1. The summed E-state index contributed by atoms with van der Waals surface area (Å²) in [7, 11) is 3.40. The highest BCUT2D eigenvalue weighted by Crippen LogP contribution is 2.51. The molecule has 1 aromatic rings. The van der Waals surface area contributed by atoms with Crippen molar-refractivity contribution < 1.29 is 9.53 Å². The molecule has 1 unspecified atom stereocenters. The lowest BCUT2D eigenvalue weighted by Gasteiger charge is -2.45. The highest BCUT2D eigenvalue weighted by molar-refractivity contribution is 5.79. The summed E-state index contributed by atoms with van der Waals surface area (Å²) in [5.74, 6) is -0.0855. The minimum Gasteiger partial charge on any atom is -0.469 e. The Balaban J connectivity index is 2.29. The number of hydrogen-bond acceptors (Lipinski definition) is 3. The van der Waals surface area contributed by atoms with Crippen LogP contribution in [0.5, 0.6) is 0 Å². The fourth-order valence-electron chi connectivity index (χ4n) is 3.08. The van der Waals surface area contributed by atoms with Crippen LogP contribution >= 0.6 is 0 Å². The van der Waals surface area contributed by atoms with E-state index in [4.69, 9.17) is 4.74 Å². The number of ether oxygens (including phenoxy) is 1. The first-order valence-electron chi connectivity index (χ1n) is 7.02. The van der Waals surface area contributed by atoms with E-state index in [1.807, 2.05) is 7.05 Å². The van der Waals surface area contributed by atoms with Crippen molar-refractivity contribution in [2.75, 3.05) is 14.2 Å². The van der Waals surface area contributed by atoms with E-state index >= 15 is 0 Å². The van der Waals surface area contributed by atoms with Crippen molar-refractivity contribution in [1.82, 2.24) is 5.32 Å². The van der Waals surface area contributed by atoms with Gasteiger partial charge < -0.3 is 10.1 Å². The minimum absolute atomic E-state index is 0.0413. The lowest BCUT2D eigenvalue weighted by Crippen LogP contribution is -2.48. The third-order valence-electron chi connectivity index (χ3n) is 4.40. The molecule has 3 heteroatoms. The van der Waals surface area contributed by atoms with Crippen molar-refractivity contribution >= 4 is 5.97 Å². The van der Waals surface area contributed by atoms with E-state index in [0.717, 1.165) is 25.7 Å². The molecule has 1 fully saturated rings. The zero-order valence-corrected chi connectivity index (χ0v) is 12.0. The molecular weight excluding hydrogens is 238 g/mol. The smallest absolute Gasteiger partial charge is 0.313 e. The van der Waals surface area contributed by atoms with Gasteiger partial charge in [0.15, 0.2) is 0 Å². The van der Waals surface area contributed by atoms with Crippen LogP contribution in [-0.2, 0) is 16.0 Å². The minimum atomic E-state index is -0.378. The summed E-state index contributed by atoms with van der Waals surface area (Å²) in [5, 5.41) is 3.31. The maximum atomic E-state index is 12.2. The van der Waals surface area contributed by atoms with Crippen LogP contribution in [-0.4, -0.2) is 20.1 Å². The van der Waals surface area contributed by atoms with Crippen molar-refractivity contribution in [3.05, 3.63) is 35.4 Å². The Bertz CT molecular complexity index is 435. The molecule has 1 N–H and O–H groups in total. The Morgan fingerprint density at radius 1 is 1.37 bits per heavy atom. The molecule has 1 aliphatic carbocycles. The Morgan fingerprint density at radius 3 is 2.37 bits per heavy atom. The SMILES string of the molecule is CCc1ccc(C(NC)C2(C(=O)OC)CCC2)cc1. The third-order valence-corrected chi connectivity index (χ3v) is 4.40. The van der Waals surface area contributed by atoms with Crippen LogP contribution in [0, 0.1) is 5.41 Å². The van der Waals surface area contributed by atoms with Crippen molar-refractivity contribution in [1.29, 1.82) is 0 Å². The predicted molar refractivity (Wildman–Crippen MR) is 75.9 cm³/mol. The Labute approximate surface area is 115 Å². The number of hydrogen-bond donors (Lipinski definition) is 1. The van der Waals surface area contributed by atoms with Crippen LogP contribution in [0.3, 0.4) is 0 Å². The Morgan fingerprint density at radius 2 is 2.00 bits per heavy atom. The average Bonchev–Trinajstić information content (AvgIpc) is 2.42. The molecule has 104 valence electrons. The molecule has 19 heavy (non-hydrogen) atoms. The maximum Gasteiger partial charge on any atom is 0.313 e. The fraction of sp³-hybridized carbons (Fsp3) is 0.562. The number of esters is 1. The van der Waals surface area contributed by atoms with Crippen LogP contribution in [0.4, 0.5) is 0 Å². The highest BCUT2D eigenvalue weighted by Gasteiger charge is 2.51. The monoisotopic (exact) mass is 261 g/mol. The Hall–Kier alpha value is -1.35. The van der Waals surface area contributed by atoms with E-state index in [-0.39, 0.29) is 17.4 Å². The van der Waals surface area contributed by atoms with Gasteiger partial charge in [-0.1, -0.05) is 37.6 Å². The van der Waals surface area contributed by atoms with Crippen molar-refractivity contribution in [2.24, 2.45) is 5.41 Å². The molecule has 0 spiro atoms.